The molecule has 0 aliphatic rings. The van der Waals surface area contributed by atoms with Crippen LogP contribution in [0, 0.1) is 6.92 Å². The molecule has 0 heterocycles. The van der Waals surface area contributed by atoms with E-state index in [4.69, 9.17) is 9.47 Å². The van der Waals surface area contributed by atoms with Crippen molar-refractivity contribution in [2.24, 2.45) is 4.99 Å². The van der Waals surface area contributed by atoms with Crippen molar-refractivity contribution in [3.8, 4) is 0 Å². The van der Waals surface area contributed by atoms with Gasteiger partial charge in [-0.2, -0.15) is 0 Å². The van der Waals surface area contributed by atoms with Crippen LogP contribution < -0.4 is 10.6 Å². The van der Waals surface area contributed by atoms with Gasteiger partial charge in [-0.05, 0) is 37.8 Å². The molecule has 2 N–H and O–H groups in total. The van der Waals surface area contributed by atoms with Crippen LogP contribution in [0.4, 0.5) is 0 Å². The fourth-order valence-electron chi connectivity index (χ4n) is 2.07. The molecule has 0 atom stereocenters. The Hall–Kier alpha value is -0.860. The summed E-state index contributed by atoms with van der Waals surface area (Å²) in [4.78, 5) is 4.65. The maximum atomic E-state index is 5.45. The summed E-state index contributed by atoms with van der Waals surface area (Å²) in [7, 11) is 1.69. The quantitative estimate of drug-likeness (QED) is 0.236. The van der Waals surface area contributed by atoms with Gasteiger partial charge in [0, 0.05) is 26.8 Å². The van der Waals surface area contributed by atoms with Gasteiger partial charge in [0.2, 0.25) is 0 Å². The Kier molecular flexibility index (Phi) is 15.1. The number of unbranched alkanes of at least 4 members (excludes halogenated alkanes) is 1. The van der Waals surface area contributed by atoms with Crippen molar-refractivity contribution in [1.29, 1.82) is 0 Å². The molecular formula is C18H32IN3O2. The number of halogens is 1. The highest BCUT2D eigenvalue weighted by Gasteiger charge is 1.99. The van der Waals surface area contributed by atoms with Gasteiger partial charge in [0.05, 0.1) is 19.8 Å². The Morgan fingerprint density at radius 2 is 1.88 bits per heavy atom. The van der Waals surface area contributed by atoms with Crippen molar-refractivity contribution >= 4 is 29.9 Å². The largest absolute Gasteiger partial charge is 0.382 e. The summed E-state index contributed by atoms with van der Waals surface area (Å²) >= 11 is 0. The highest BCUT2D eigenvalue weighted by molar-refractivity contribution is 14.0. The van der Waals surface area contributed by atoms with E-state index in [-0.39, 0.29) is 24.0 Å². The number of rotatable bonds is 11. The molecule has 1 aromatic carbocycles. The lowest BCUT2D eigenvalue weighted by atomic mass is 10.1. The maximum Gasteiger partial charge on any atom is 0.191 e. The fraction of sp³-hybridized carbons (Fsp3) is 0.611. The van der Waals surface area contributed by atoms with E-state index >= 15 is 0 Å². The van der Waals surface area contributed by atoms with Crippen LogP contribution in [0.3, 0.4) is 0 Å². The Bertz CT molecular complexity index is 456. The highest BCUT2D eigenvalue weighted by Crippen LogP contribution is 2.07. The fourth-order valence-corrected chi connectivity index (χ4v) is 2.07. The molecule has 0 aliphatic carbocycles. The van der Waals surface area contributed by atoms with Crippen LogP contribution in [0.2, 0.25) is 0 Å². The SMILES string of the molecule is CCNC(=NCc1ccccc1C)NCCCCOCCOC.I. The summed E-state index contributed by atoms with van der Waals surface area (Å²) in [5.41, 5.74) is 2.54. The van der Waals surface area contributed by atoms with Crippen LogP contribution >= 0.6 is 24.0 Å². The molecule has 0 bridgehead atoms. The zero-order chi connectivity index (χ0) is 16.8. The number of aryl methyl sites for hydroxylation is 1. The molecule has 0 saturated heterocycles. The number of ether oxygens (including phenoxy) is 2. The molecule has 0 radical (unpaired) electrons. The molecule has 0 aromatic heterocycles. The van der Waals surface area contributed by atoms with Crippen molar-refractivity contribution in [3.63, 3.8) is 0 Å². The Labute approximate surface area is 163 Å². The van der Waals surface area contributed by atoms with Crippen LogP contribution in [0.15, 0.2) is 29.3 Å². The summed E-state index contributed by atoms with van der Waals surface area (Å²) < 4.78 is 10.4. The standard InChI is InChI=1S/C18H31N3O2.HI/c1-4-19-18(20-11-7-8-12-23-14-13-22-3)21-15-17-10-6-5-9-16(17)2;/h5-6,9-10H,4,7-8,11-15H2,1-3H3,(H2,19,20,21);1H. The second-order valence-corrected chi connectivity index (χ2v) is 5.36. The van der Waals surface area contributed by atoms with Crippen molar-refractivity contribution in [3.05, 3.63) is 35.4 Å². The molecule has 0 amide bonds. The summed E-state index contributed by atoms with van der Waals surface area (Å²) in [5, 5.41) is 6.65. The molecule has 0 unspecified atom stereocenters. The van der Waals surface area contributed by atoms with E-state index in [1.54, 1.807) is 7.11 Å². The second kappa shape index (κ2) is 15.7. The third-order valence-electron chi connectivity index (χ3n) is 3.45. The number of guanidine groups is 1. The first-order valence-corrected chi connectivity index (χ1v) is 8.41. The smallest absolute Gasteiger partial charge is 0.191 e. The molecule has 6 heteroatoms. The molecule has 0 spiro atoms. The lowest BCUT2D eigenvalue weighted by Gasteiger charge is -2.12. The zero-order valence-corrected chi connectivity index (χ0v) is 17.5. The Morgan fingerprint density at radius 3 is 2.58 bits per heavy atom. The van der Waals surface area contributed by atoms with Crippen LogP contribution in [0.5, 0.6) is 0 Å². The van der Waals surface area contributed by atoms with Gasteiger partial charge < -0.3 is 20.1 Å². The monoisotopic (exact) mass is 449 g/mol. The molecule has 24 heavy (non-hydrogen) atoms. The average molecular weight is 449 g/mol. The number of aliphatic imine (C=N–C) groups is 1. The van der Waals surface area contributed by atoms with Crippen LogP contribution in [-0.4, -0.2) is 46.0 Å². The number of benzene rings is 1. The van der Waals surface area contributed by atoms with Crippen LogP contribution in [0.25, 0.3) is 0 Å². The number of methoxy groups -OCH3 is 1. The first kappa shape index (κ1) is 23.1. The van der Waals surface area contributed by atoms with E-state index in [0.29, 0.717) is 19.8 Å². The number of hydrogen-bond donors (Lipinski definition) is 2. The van der Waals surface area contributed by atoms with Gasteiger partial charge in [-0.25, -0.2) is 4.99 Å². The first-order chi connectivity index (χ1) is 11.3. The molecule has 5 nitrogen and oxygen atoms in total. The second-order valence-electron chi connectivity index (χ2n) is 5.36. The number of nitrogens with one attached hydrogen (secondary N) is 2. The Morgan fingerprint density at radius 1 is 1.08 bits per heavy atom. The van der Waals surface area contributed by atoms with Gasteiger partial charge in [-0.1, -0.05) is 24.3 Å². The average Bonchev–Trinajstić information content (AvgIpc) is 2.56. The molecule has 1 aromatic rings. The van der Waals surface area contributed by atoms with E-state index in [0.717, 1.165) is 38.5 Å². The van der Waals surface area contributed by atoms with E-state index in [2.05, 4.69) is 53.7 Å². The summed E-state index contributed by atoms with van der Waals surface area (Å²) in [6.45, 7) is 8.76. The van der Waals surface area contributed by atoms with E-state index in [1.807, 2.05) is 0 Å². The van der Waals surface area contributed by atoms with Crippen LogP contribution in [-0.2, 0) is 16.0 Å². The van der Waals surface area contributed by atoms with E-state index < -0.39 is 0 Å². The van der Waals surface area contributed by atoms with Crippen LogP contribution in [0.1, 0.15) is 30.9 Å². The lowest BCUT2D eigenvalue weighted by molar-refractivity contribution is 0.0689. The summed E-state index contributed by atoms with van der Waals surface area (Å²) in [5.74, 6) is 0.871. The van der Waals surface area contributed by atoms with Crippen molar-refractivity contribution < 1.29 is 9.47 Å². The number of hydrogen-bond acceptors (Lipinski definition) is 3. The molecular weight excluding hydrogens is 417 g/mol. The van der Waals surface area contributed by atoms with Gasteiger partial charge in [-0.3, -0.25) is 0 Å². The zero-order valence-electron chi connectivity index (χ0n) is 15.1. The molecule has 138 valence electrons. The maximum absolute atomic E-state index is 5.45. The minimum absolute atomic E-state index is 0. The van der Waals surface area contributed by atoms with E-state index in [1.165, 1.54) is 11.1 Å². The predicted molar refractivity (Wildman–Crippen MR) is 111 cm³/mol. The van der Waals surface area contributed by atoms with Gasteiger partial charge in [0.1, 0.15) is 0 Å². The normalized spacial score (nSPS) is 11.0. The summed E-state index contributed by atoms with van der Waals surface area (Å²) in [6.07, 6.45) is 2.09. The third-order valence-corrected chi connectivity index (χ3v) is 3.45. The van der Waals surface area contributed by atoms with Gasteiger partial charge in [-0.15, -0.1) is 24.0 Å². The molecule has 0 aliphatic heterocycles. The van der Waals surface area contributed by atoms with Gasteiger partial charge >= 0.3 is 0 Å². The van der Waals surface area contributed by atoms with Crippen molar-refractivity contribution in [2.45, 2.75) is 33.2 Å². The lowest BCUT2D eigenvalue weighted by Crippen LogP contribution is -2.37. The van der Waals surface area contributed by atoms with Gasteiger partial charge in [0.15, 0.2) is 5.96 Å². The molecule has 1 rings (SSSR count). The minimum atomic E-state index is 0. The topological polar surface area (TPSA) is 54.9 Å². The first-order valence-electron chi connectivity index (χ1n) is 8.41. The molecule has 0 fully saturated rings. The predicted octanol–water partition coefficient (Wildman–Crippen LogP) is 3.11. The summed E-state index contributed by atoms with van der Waals surface area (Å²) in [6, 6.07) is 8.36. The van der Waals surface area contributed by atoms with Crippen molar-refractivity contribution in [1.82, 2.24) is 10.6 Å². The van der Waals surface area contributed by atoms with Crippen molar-refractivity contribution in [2.75, 3.05) is 40.0 Å². The van der Waals surface area contributed by atoms with E-state index in [9.17, 15) is 0 Å². The minimum Gasteiger partial charge on any atom is -0.382 e. The Balaban J connectivity index is 0.00000529. The van der Waals surface area contributed by atoms with Gasteiger partial charge in [0.25, 0.3) is 0 Å². The third kappa shape index (κ3) is 10.8. The number of nitrogens with zero attached hydrogens (tertiary/aromatic N) is 1. The highest BCUT2D eigenvalue weighted by atomic mass is 127. The molecule has 0 saturated carbocycles.